The van der Waals surface area contributed by atoms with Gasteiger partial charge in [-0.05, 0) is 50.2 Å². The molecule has 1 heterocycles. The summed E-state index contributed by atoms with van der Waals surface area (Å²) < 4.78 is 0.975. The summed E-state index contributed by atoms with van der Waals surface area (Å²) in [6.07, 6.45) is 2.85. The van der Waals surface area contributed by atoms with Crippen LogP contribution in [0, 0.1) is 0 Å². The molecule has 126 valence electrons. The first-order valence-electron chi connectivity index (χ1n) is 7.00. The van der Waals surface area contributed by atoms with E-state index in [1.165, 1.54) is 10.7 Å². The second kappa shape index (κ2) is 7.81. The van der Waals surface area contributed by atoms with Crippen LogP contribution in [0.25, 0.3) is 0 Å². The van der Waals surface area contributed by atoms with Crippen LogP contribution >= 0.6 is 43.6 Å². The van der Waals surface area contributed by atoms with Crippen molar-refractivity contribution >= 4 is 49.5 Å². The molecule has 2 N–H and O–H groups in total. The smallest absolute Gasteiger partial charge is 0.251 e. The highest BCUT2D eigenvalue weighted by Crippen LogP contribution is 2.33. The zero-order valence-electron chi connectivity index (χ0n) is 13.2. The van der Waals surface area contributed by atoms with Gasteiger partial charge < -0.3 is 20.2 Å². The summed E-state index contributed by atoms with van der Waals surface area (Å²) in [5, 5.41) is 13.9. The predicted molar refractivity (Wildman–Crippen MR) is 101 cm³/mol. The third-order valence-electron chi connectivity index (χ3n) is 3.60. The number of benzene rings is 1. The van der Waals surface area contributed by atoms with Gasteiger partial charge in [0.25, 0.3) is 5.91 Å². The van der Waals surface area contributed by atoms with Crippen LogP contribution in [0.4, 0.5) is 0 Å². The van der Waals surface area contributed by atoms with Crippen LogP contribution in [0.2, 0.25) is 0 Å². The van der Waals surface area contributed by atoms with Crippen LogP contribution in [-0.4, -0.2) is 54.4 Å². The van der Waals surface area contributed by atoms with Gasteiger partial charge >= 0.3 is 0 Å². The van der Waals surface area contributed by atoms with Crippen molar-refractivity contribution in [3.05, 3.63) is 37.4 Å². The second-order valence-corrected chi connectivity index (χ2v) is 7.79. The Morgan fingerprint density at radius 3 is 2.48 bits per heavy atom. The van der Waals surface area contributed by atoms with Crippen LogP contribution in [0.5, 0.6) is 5.75 Å². The maximum absolute atomic E-state index is 12.3. The lowest BCUT2D eigenvalue weighted by Crippen LogP contribution is -2.26. The van der Waals surface area contributed by atoms with Gasteiger partial charge in [0.05, 0.1) is 20.6 Å². The van der Waals surface area contributed by atoms with Crippen LogP contribution in [-0.2, 0) is 0 Å². The minimum absolute atomic E-state index is 0.0898. The van der Waals surface area contributed by atoms with Gasteiger partial charge in [-0.1, -0.05) is 0 Å². The van der Waals surface area contributed by atoms with E-state index in [1.807, 2.05) is 0 Å². The SMILES string of the molecule is CSC1=C(CCNC(=O)c2cc(Br)c(O)c(Br)c2)N(C)CN1C. The summed E-state index contributed by atoms with van der Waals surface area (Å²) in [5.74, 6) is -0.0707. The van der Waals surface area contributed by atoms with E-state index in [1.54, 1.807) is 23.9 Å². The number of amides is 1. The number of carbonyl (C=O) groups is 1. The Balaban J connectivity index is 1.99. The standard InChI is InChI=1S/C15H19Br2N3O2S/c1-19-8-20(2)15(23-3)12(19)4-5-18-14(22)9-6-10(16)13(21)11(17)7-9/h6-7,21H,4-5,8H2,1-3H3,(H,18,22). The molecule has 2 rings (SSSR count). The molecule has 0 saturated heterocycles. The molecule has 0 fully saturated rings. The monoisotopic (exact) mass is 463 g/mol. The third-order valence-corrected chi connectivity index (χ3v) is 5.74. The number of phenols is 1. The van der Waals surface area contributed by atoms with E-state index < -0.39 is 0 Å². The predicted octanol–water partition coefficient (Wildman–Crippen LogP) is 3.40. The van der Waals surface area contributed by atoms with Crippen LogP contribution in [0.15, 0.2) is 31.8 Å². The number of hydrogen-bond donors (Lipinski definition) is 2. The Labute approximate surface area is 157 Å². The van der Waals surface area contributed by atoms with E-state index >= 15 is 0 Å². The summed E-state index contributed by atoms with van der Waals surface area (Å²) in [6, 6.07) is 3.22. The Kier molecular flexibility index (Phi) is 6.27. The summed E-state index contributed by atoms with van der Waals surface area (Å²) in [5.41, 5.74) is 1.74. The van der Waals surface area contributed by atoms with Gasteiger partial charge in [-0.25, -0.2) is 0 Å². The highest BCUT2D eigenvalue weighted by atomic mass is 79.9. The Hall–Kier alpha value is -0.860. The zero-order chi connectivity index (χ0) is 17.1. The number of hydrogen-bond acceptors (Lipinski definition) is 5. The molecule has 0 bridgehead atoms. The van der Waals surface area contributed by atoms with E-state index in [0.717, 1.165) is 13.1 Å². The molecule has 8 heteroatoms. The average molecular weight is 465 g/mol. The summed E-state index contributed by atoms with van der Waals surface area (Å²) in [4.78, 5) is 16.7. The second-order valence-electron chi connectivity index (χ2n) is 5.29. The van der Waals surface area contributed by atoms with Crippen LogP contribution in [0.1, 0.15) is 16.8 Å². The van der Waals surface area contributed by atoms with Gasteiger partial charge in [0.2, 0.25) is 0 Å². The van der Waals surface area contributed by atoms with E-state index in [9.17, 15) is 9.90 Å². The third kappa shape index (κ3) is 4.16. The number of nitrogens with zero attached hydrogens (tertiary/aromatic N) is 2. The van der Waals surface area contributed by atoms with Crippen molar-refractivity contribution < 1.29 is 9.90 Å². The number of rotatable bonds is 5. The molecule has 0 unspecified atom stereocenters. The van der Waals surface area contributed by atoms with Crippen LogP contribution in [0.3, 0.4) is 0 Å². The molecule has 1 aromatic rings. The molecule has 5 nitrogen and oxygen atoms in total. The summed E-state index contributed by atoms with van der Waals surface area (Å²) >= 11 is 8.20. The topological polar surface area (TPSA) is 55.8 Å². The largest absolute Gasteiger partial charge is 0.506 e. The molecule has 1 aliphatic heterocycles. The fourth-order valence-corrected chi connectivity index (χ4v) is 4.57. The van der Waals surface area contributed by atoms with Gasteiger partial charge in [0, 0.05) is 38.3 Å². The number of phenolic OH excluding ortho intramolecular Hbond substituents is 1. The van der Waals surface area contributed by atoms with Crippen molar-refractivity contribution in [1.82, 2.24) is 15.1 Å². The molecule has 0 saturated carbocycles. The molecule has 0 aliphatic carbocycles. The molecule has 0 radical (unpaired) electrons. The average Bonchev–Trinajstić information content (AvgIpc) is 2.77. The van der Waals surface area contributed by atoms with E-state index in [2.05, 4.69) is 67.3 Å². The molecular weight excluding hydrogens is 446 g/mol. The van der Waals surface area contributed by atoms with Gasteiger partial charge in [-0.2, -0.15) is 0 Å². The van der Waals surface area contributed by atoms with Crippen molar-refractivity contribution in [3.8, 4) is 5.75 Å². The molecular formula is C15H19Br2N3O2S. The zero-order valence-corrected chi connectivity index (χ0v) is 17.2. The van der Waals surface area contributed by atoms with Crippen molar-refractivity contribution in [2.75, 3.05) is 33.6 Å². The molecule has 23 heavy (non-hydrogen) atoms. The van der Waals surface area contributed by atoms with Gasteiger partial charge in [-0.15, -0.1) is 11.8 Å². The van der Waals surface area contributed by atoms with Gasteiger partial charge in [0.1, 0.15) is 5.75 Å². The van der Waals surface area contributed by atoms with Crippen LogP contribution < -0.4 is 5.32 Å². The van der Waals surface area contributed by atoms with E-state index in [0.29, 0.717) is 21.1 Å². The Morgan fingerprint density at radius 2 is 1.91 bits per heavy atom. The van der Waals surface area contributed by atoms with Crippen molar-refractivity contribution in [1.29, 1.82) is 0 Å². The van der Waals surface area contributed by atoms with Crippen molar-refractivity contribution in [2.45, 2.75) is 6.42 Å². The lowest BCUT2D eigenvalue weighted by molar-refractivity contribution is 0.0953. The minimum atomic E-state index is -0.160. The maximum Gasteiger partial charge on any atom is 0.251 e. The molecule has 0 aromatic heterocycles. The number of aromatic hydroxyl groups is 1. The summed E-state index contributed by atoms with van der Waals surface area (Å²) in [7, 11) is 4.13. The number of carbonyl (C=O) groups excluding carboxylic acids is 1. The van der Waals surface area contributed by atoms with Crippen molar-refractivity contribution in [3.63, 3.8) is 0 Å². The first kappa shape index (κ1) is 18.5. The molecule has 1 aliphatic rings. The Bertz CT molecular complexity index is 629. The van der Waals surface area contributed by atoms with Gasteiger partial charge in [0.15, 0.2) is 0 Å². The number of nitrogens with one attached hydrogen (secondary N) is 1. The van der Waals surface area contributed by atoms with Gasteiger partial charge in [-0.3, -0.25) is 4.79 Å². The fourth-order valence-electron chi connectivity index (χ4n) is 2.52. The highest BCUT2D eigenvalue weighted by molar-refractivity contribution is 9.11. The Morgan fingerprint density at radius 1 is 1.30 bits per heavy atom. The quantitative estimate of drug-likeness (QED) is 0.699. The number of thioether (sulfide) groups is 1. The molecule has 1 amide bonds. The fraction of sp³-hybridized carbons (Fsp3) is 0.400. The lowest BCUT2D eigenvalue weighted by Gasteiger charge is -2.16. The van der Waals surface area contributed by atoms with Crippen molar-refractivity contribution in [2.24, 2.45) is 0 Å². The first-order valence-corrected chi connectivity index (χ1v) is 9.81. The summed E-state index contributed by atoms with van der Waals surface area (Å²) in [6.45, 7) is 1.43. The normalized spacial score (nSPS) is 14.7. The van der Waals surface area contributed by atoms with E-state index in [-0.39, 0.29) is 11.7 Å². The molecule has 0 atom stereocenters. The van der Waals surface area contributed by atoms with E-state index in [4.69, 9.17) is 0 Å². The molecule has 0 spiro atoms. The minimum Gasteiger partial charge on any atom is -0.506 e. The lowest BCUT2D eigenvalue weighted by atomic mass is 10.2. The highest BCUT2D eigenvalue weighted by Gasteiger charge is 2.23. The maximum atomic E-state index is 12.3. The first-order chi connectivity index (χ1) is 10.8. The molecule has 1 aromatic carbocycles. The number of halogens is 2.